The summed E-state index contributed by atoms with van der Waals surface area (Å²) in [6.45, 7) is 0. The van der Waals surface area contributed by atoms with Crippen LogP contribution >= 0.6 is 23.4 Å². The zero-order chi connectivity index (χ0) is 21.8. The van der Waals surface area contributed by atoms with Crippen LogP contribution in [0.15, 0.2) is 53.8 Å². The van der Waals surface area contributed by atoms with Gasteiger partial charge in [0.25, 0.3) is 0 Å². The van der Waals surface area contributed by atoms with E-state index in [1.54, 1.807) is 30.0 Å². The number of carbonyl (C=O) groups is 1. The molecule has 0 unspecified atom stereocenters. The third-order valence-corrected chi connectivity index (χ3v) is 5.51. The molecule has 1 N–H and O–H groups in total. The van der Waals surface area contributed by atoms with E-state index in [4.69, 9.17) is 21.1 Å². The molecule has 0 aliphatic heterocycles. The summed E-state index contributed by atoms with van der Waals surface area (Å²) in [6.07, 6.45) is 1.42. The average molecular weight is 457 g/mol. The highest BCUT2D eigenvalue weighted by Crippen LogP contribution is 2.29. The lowest BCUT2D eigenvalue weighted by atomic mass is 10.3. The van der Waals surface area contributed by atoms with Gasteiger partial charge in [0.2, 0.25) is 5.91 Å². The molecular formula is C20H17ClN6O3S. The molecular weight excluding hydrogens is 440 g/mol. The van der Waals surface area contributed by atoms with Gasteiger partial charge < -0.3 is 14.8 Å². The number of aromatic nitrogens is 5. The molecule has 0 saturated carbocycles. The van der Waals surface area contributed by atoms with Crippen LogP contribution in [0, 0.1) is 0 Å². The third kappa shape index (κ3) is 4.54. The van der Waals surface area contributed by atoms with Crippen LogP contribution in [0.2, 0.25) is 5.02 Å². The number of halogens is 1. The summed E-state index contributed by atoms with van der Waals surface area (Å²) in [6, 6.07) is 12.4. The van der Waals surface area contributed by atoms with Crippen LogP contribution in [0.25, 0.3) is 16.9 Å². The van der Waals surface area contributed by atoms with Gasteiger partial charge in [-0.2, -0.15) is 4.68 Å². The van der Waals surface area contributed by atoms with Gasteiger partial charge in [-0.1, -0.05) is 28.6 Å². The van der Waals surface area contributed by atoms with Crippen molar-refractivity contribution in [2.45, 2.75) is 5.03 Å². The van der Waals surface area contributed by atoms with Crippen LogP contribution in [0.3, 0.4) is 0 Å². The molecule has 31 heavy (non-hydrogen) atoms. The monoisotopic (exact) mass is 456 g/mol. The maximum Gasteiger partial charge on any atom is 0.234 e. The number of methoxy groups -OCH3 is 2. The first-order valence-corrected chi connectivity index (χ1v) is 10.4. The van der Waals surface area contributed by atoms with Gasteiger partial charge in [0.05, 0.1) is 31.3 Å². The summed E-state index contributed by atoms with van der Waals surface area (Å²) in [5.41, 5.74) is 2.33. The lowest BCUT2D eigenvalue weighted by Crippen LogP contribution is -2.15. The van der Waals surface area contributed by atoms with E-state index >= 15 is 0 Å². The van der Waals surface area contributed by atoms with Gasteiger partial charge in [0.1, 0.15) is 22.9 Å². The summed E-state index contributed by atoms with van der Waals surface area (Å²) in [7, 11) is 3.13. The number of thioether (sulfide) groups is 1. The molecule has 11 heteroatoms. The molecule has 0 fully saturated rings. The van der Waals surface area contributed by atoms with Crippen molar-refractivity contribution in [3.8, 4) is 17.2 Å². The summed E-state index contributed by atoms with van der Waals surface area (Å²) >= 11 is 7.25. The molecule has 158 valence electrons. The summed E-state index contributed by atoms with van der Waals surface area (Å²) in [4.78, 5) is 21.0. The molecule has 9 nitrogen and oxygen atoms in total. The first-order valence-electron chi connectivity index (χ1n) is 9.06. The molecule has 0 bridgehead atoms. The number of rotatable bonds is 7. The average Bonchev–Trinajstić information content (AvgIpc) is 3.23. The SMILES string of the molecule is COc1ccc(-n2nnc3c(SCC(=O)Nc4cc(Cl)ccc4OC)ncnc32)cc1. The number of nitrogens with zero attached hydrogens (tertiary/aromatic N) is 5. The Bertz CT molecular complexity index is 1230. The highest BCUT2D eigenvalue weighted by atomic mass is 35.5. The number of carbonyl (C=O) groups excluding carboxylic acids is 1. The van der Waals surface area contributed by atoms with Crippen molar-refractivity contribution < 1.29 is 14.3 Å². The largest absolute Gasteiger partial charge is 0.497 e. The van der Waals surface area contributed by atoms with Gasteiger partial charge in [-0.05, 0) is 42.5 Å². The van der Waals surface area contributed by atoms with Crippen LogP contribution < -0.4 is 14.8 Å². The van der Waals surface area contributed by atoms with E-state index in [0.29, 0.717) is 32.6 Å². The second-order valence-corrected chi connectivity index (χ2v) is 7.63. The van der Waals surface area contributed by atoms with Gasteiger partial charge in [0, 0.05) is 5.02 Å². The number of benzene rings is 2. The standard InChI is InChI=1S/C20H17ClN6O3S/c1-29-14-6-4-13(5-7-14)27-19-18(25-26-27)20(23-11-22-19)31-10-17(28)24-15-9-12(21)3-8-16(15)30-2/h3-9,11H,10H2,1-2H3,(H,24,28). The van der Waals surface area contributed by atoms with Crippen LogP contribution in [0.1, 0.15) is 0 Å². The van der Waals surface area contributed by atoms with Crippen molar-refractivity contribution in [1.82, 2.24) is 25.0 Å². The van der Waals surface area contributed by atoms with Gasteiger partial charge in [0.15, 0.2) is 11.2 Å². The topological polar surface area (TPSA) is 104 Å². The number of ether oxygens (including phenoxy) is 2. The fourth-order valence-electron chi connectivity index (χ4n) is 2.83. The molecule has 0 atom stereocenters. The van der Waals surface area contributed by atoms with Crippen molar-refractivity contribution in [2.75, 3.05) is 25.3 Å². The minimum atomic E-state index is -0.236. The van der Waals surface area contributed by atoms with Crippen LogP contribution in [-0.4, -0.2) is 50.8 Å². The number of nitrogens with one attached hydrogen (secondary N) is 1. The zero-order valence-electron chi connectivity index (χ0n) is 16.6. The first kappa shape index (κ1) is 20.9. The summed E-state index contributed by atoms with van der Waals surface area (Å²) in [5.74, 6) is 1.13. The Morgan fingerprint density at radius 1 is 1.13 bits per heavy atom. The Hall–Kier alpha value is -3.37. The molecule has 2 aromatic carbocycles. The molecule has 0 aliphatic rings. The molecule has 0 saturated heterocycles. The van der Waals surface area contributed by atoms with Crippen molar-refractivity contribution >= 4 is 46.1 Å². The van der Waals surface area contributed by atoms with E-state index in [-0.39, 0.29) is 11.7 Å². The smallest absolute Gasteiger partial charge is 0.234 e. The van der Waals surface area contributed by atoms with Crippen molar-refractivity contribution in [2.24, 2.45) is 0 Å². The predicted octanol–water partition coefficient (Wildman–Crippen LogP) is 3.61. The maximum atomic E-state index is 12.5. The predicted molar refractivity (Wildman–Crippen MR) is 118 cm³/mol. The third-order valence-electron chi connectivity index (χ3n) is 4.30. The molecule has 0 aliphatic carbocycles. The Labute approximate surface area is 186 Å². The molecule has 1 amide bonds. The molecule has 0 spiro atoms. The summed E-state index contributed by atoms with van der Waals surface area (Å²) < 4.78 is 12.0. The van der Waals surface area contributed by atoms with E-state index in [1.807, 2.05) is 24.3 Å². The number of hydrogen-bond donors (Lipinski definition) is 1. The second-order valence-electron chi connectivity index (χ2n) is 6.23. The highest BCUT2D eigenvalue weighted by molar-refractivity contribution is 8.00. The number of fused-ring (bicyclic) bond motifs is 1. The maximum absolute atomic E-state index is 12.5. The Kier molecular flexibility index (Phi) is 6.19. The molecule has 4 rings (SSSR count). The van der Waals surface area contributed by atoms with Crippen LogP contribution in [-0.2, 0) is 4.79 Å². The fraction of sp³-hybridized carbons (Fsp3) is 0.150. The minimum Gasteiger partial charge on any atom is -0.497 e. The Morgan fingerprint density at radius 2 is 1.94 bits per heavy atom. The zero-order valence-corrected chi connectivity index (χ0v) is 18.1. The molecule has 0 radical (unpaired) electrons. The Balaban J connectivity index is 1.51. The fourth-order valence-corrected chi connectivity index (χ4v) is 3.73. The normalized spacial score (nSPS) is 10.8. The van der Waals surface area contributed by atoms with Gasteiger partial charge >= 0.3 is 0 Å². The van der Waals surface area contributed by atoms with E-state index < -0.39 is 0 Å². The van der Waals surface area contributed by atoms with E-state index in [9.17, 15) is 4.79 Å². The molecule has 2 aromatic heterocycles. The van der Waals surface area contributed by atoms with E-state index in [0.717, 1.165) is 11.4 Å². The lowest BCUT2D eigenvalue weighted by molar-refractivity contribution is -0.113. The molecule has 2 heterocycles. The van der Waals surface area contributed by atoms with Crippen molar-refractivity contribution in [3.05, 3.63) is 53.8 Å². The van der Waals surface area contributed by atoms with Gasteiger partial charge in [-0.3, -0.25) is 4.79 Å². The highest BCUT2D eigenvalue weighted by Gasteiger charge is 2.15. The number of hydrogen-bond acceptors (Lipinski definition) is 8. The number of amides is 1. The quantitative estimate of drug-likeness (QED) is 0.332. The second kappa shape index (κ2) is 9.19. The van der Waals surface area contributed by atoms with Crippen LogP contribution in [0.5, 0.6) is 11.5 Å². The van der Waals surface area contributed by atoms with Crippen LogP contribution in [0.4, 0.5) is 5.69 Å². The van der Waals surface area contributed by atoms with Crippen molar-refractivity contribution in [3.63, 3.8) is 0 Å². The van der Waals surface area contributed by atoms with Gasteiger partial charge in [-0.15, -0.1) is 5.10 Å². The minimum absolute atomic E-state index is 0.108. The molecule has 4 aromatic rings. The van der Waals surface area contributed by atoms with E-state index in [1.165, 1.54) is 25.2 Å². The number of anilines is 1. The first-order chi connectivity index (χ1) is 15.1. The van der Waals surface area contributed by atoms with Crippen molar-refractivity contribution in [1.29, 1.82) is 0 Å². The summed E-state index contributed by atoms with van der Waals surface area (Å²) in [5, 5.41) is 12.2. The van der Waals surface area contributed by atoms with E-state index in [2.05, 4.69) is 25.6 Å². The van der Waals surface area contributed by atoms with Gasteiger partial charge in [-0.25, -0.2) is 9.97 Å². The lowest BCUT2D eigenvalue weighted by Gasteiger charge is -2.10. The Morgan fingerprint density at radius 3 is 2.68 bits per heavy atom.